The van der Waals surface area contributed by atoms with Crippen LogP contribution in [0.4, 0.5) is 4.39 Å². The zero-order valence-corrected chi connectivity index (χ0v) is 11.8. The topological polar surface area (TPSA) is 58.2 Å². The fourth-order valence-electron chi connectivity index (χ4n) is 1.46. The normalized spacial score (nSPS) is 9.90. The van der Waals surface area contributed by atoms with Crippen molar-refractivity contribution in [3.8, 4) is 0 Å². The van der Waals surface area contributed by atoms with Gasteiger partial charge in [0.15, 0.2) is 0 Å². The zero-order valence-electron chi connectivity index (χ0n) is 10.2. The molecule has 0 aliphatic carbocycles. The molecule has 0 saturated carbocycles. The lowest BCUT2D eigenvalue weighted by Crippen LogP contribution is -2.41. The van der Waals surface area contributed by atoms with Crippen LogP contribution in [0, 0.1) is 5.82 Å². The summed E-state index contributed by atoms with van der Waals surface area (Å²) in [5.41, 5.74) is 5.20. The highest BCUT2D eigenvalue weighted by Crippen LogP contribution is 2.10. The van der Waals surface area contributed by atoms with Gasteiger partial charge in [0, 0.05) is 15.6 Å². The van der Waals surface area contributed by atoms with Crippen LogP contribution in [-0.2, 0) is 0 Å². The van der Waals surface area contributed by atoms with Crippen LogP contribution in [0.3, 0.4) is 0 Å². The molecule has 0 saturated heterocycles. The maximum Gasteiger partial charge on any atom is 0.269 e. The van der Waals surface area contributed by atoms with Gasteiger partial charge >= 0.3 is 0 Å². The van der Waals surface area contributed by atoms with Crippen LogP contribution in [0.2, 0.25) is 0 Å². The summed E-state index contributed by atoms with van der Waals surface area (Å²) in [7, 11) is 0. The van der Waals surface area contributed by atoms with E-state index in [2.05, 4.69) is 26.8 Å². The van der Waals surface area contributed by atoms with Gasteiger partial charge in [-0.25, -0.2) is 4.39 Å². The first-order chi connectivity index (χ1) is 9.56. The molecule has 0 aliphatic heterocycles. The van der Waals surface area contributed by atoms with E-state index in [4.69, 9.17) is 0 Å². The van der Waals surface area contributed by atoms with Crippen LogP contribution in [-0.4, -0.2) is 11.8 Å². The Morgan fingerprint density at radius 1 is 0.800 bits per heavy atom. The number of carbonyl (C=O) groups is 2. The van der Waals surface area contributed by atoms with Crippen LogP contribution in [0.5, 0.6) is 0 Å². The summed E-state index contributed by atoms with van der Waals surface area (Å²) in [6.07, 6.45) is 0. The van der Waals surface area contributed by atoms with Gasteiger partial charge in [-0.3, -0.25) is 20.4 Å². The standard InChI is InChI=1S/C14H10BrFN2O2/c15-11-5-1-9(2-6-11)13(19)17-18-14(20)10-3-7-12(16)8-4-10/h1-8H,(H,17,19)(H,18,20). The quantitative estimate of drug-likeness (QED) is 0.828. The van der Waals surface area contributed by atoms with E-state index in [-0.39, 0.29) is 5.56 Å². The van der Waals surface area contributed by atoms with Gasteiger partial charge in [-0.2, -0.15) is 0 Å². The van der Waals surface area contributed by atoms with Gasteiger partial charge in [-0.05, 0) is 48.5 Å². The number of carbonyl (C=O) groups excluding carboxylic acids is 2. The molecular weight excluding hydrogens is 327 g/mol. The molecule has 0 unspecified atom stereocenters. The van der Waals surface area contributed by atoms with Gasteiger partial charge in [-0.15, -0.1) is 0 Å². The maximum atomic E-state index is 12.7. The third-order valence-electron chi connectivity index (χ3n) is 2.50. The molecule has 0 spiro atoms. The zero-order chi connectivity index (χ0) is 14.5. The van der Waals surface area contributed by atoms with E-state index in [1.807, 2.05) is 0 Å². The molecule has 4 nitrogen and oxygen atoms in total. The predicted octanol–water partition coefficient (Wildman–Crippen LogP) is 2.66. The monoisotopic (exact) mass is 336 g/mol. The van der Waals surface area contributed by atoms with E-state index in [0.29, 0.717) is 5.56 Å². The molecule has 0 atom stereocenters. The number of benzene rings is 2. The van der Waals surface area contributed by atoms with Crippen molar-refractivity contribution in [1.82, 2.24) is 10.9 Å². The average molecular weight is 337 g/mol. The van der Waals surface area contributed by atoms with Gasteiger partial charge in [-0.1, -0.05) is 15.9 Å². The second kappa shape index (κ2) is 6.29. The molecule has 2 rings (SSSR count). The Kier molecular flexibility index (Phi) is 4.47. The van der Waals surface area contributed by atoms with Crippen molar-refractivity contribution in [2.24, 2.45) is 0 Å². The summed E-state index contributed by atoms with van der Waals surface area (Å²) in [6.45, 7) is 0. The molecular formula is C14H10BrFN2O2. The van der Waals surface area contributed by atoms with E-state index >= 15 is 0 Å². The molecule has 0 aliphatic rings. The fourth-order valence-corrected chi connectivity index (χ4v) is 1.72. The van der Waals surface area contributed by atoms with Gasteiger partial charge in [0.1, 0.15) is 5.82 Å². The van der Waals surface area contributed by atoms with E-state index in [0.717, 1.165) is 4.47 Å². The number of nitrogens with one attached hydrogen (secondary N) is 2. The minimum atomic E-state index is -0.518. The van der Waals surface area contributed by atoms with Crippen molar-refractivity contribution in [2.75, 3.05) is 0 Å². The van der Waals surface area contributed by atoms with Crippen LogP contribution < -0.4 is 10.9 Å². The van der Waals surface area contributed by atoms with Crippen molar-refractivity contribution in [1.29, 1.82) is 0 Å². The molecule has 0 radical (unpaired) electrons. The maximum absolute atomic E-state index is 12.7. The first-order valence-corrected chi connectivity index (χ1v) is 6.47. The first kappa shape index (κ1) is 14.2. The smallest absolute Gasteiger partial charge is 0.267 e. The number of halogens is 2. The summed E-state index contributed by atoms with van der Waals surface area (Å²) in [5, 5.41) is 0. The fraction of sp³-hybridized carbons (Fsp3) is 0. The first-order valence-electron chi connectivity index (χ1n) is 5.68. The van der Waals surface area contributed by atoms with Gasteiger partial charge in [0.05, 0.1) is 0 Å². The number of amides is 2. The van der Waals surface area contributed by atoms with Crippen LogP contribution in [0.25, 0.3) is 0 Å². The van der Waals surface area contributed by atoms with Crippen LogP contribution in [0.1, 0.15) is 20.7 Å². The molecule has 2 aromatic rings. The second-order valence-electron chi connectivity index (χ2n) is 3.92. The molecule has 0 aromatic heterocycles. The molecule has 2 aromatic carbocycles. The lowest BCUT2D eigenvalue weighted by molar-refractivity contribution is 0.0846. The molecule has 0 fully saturated rings. The van der Waals surface area contributed by atoms with Crippen LogP contribution >= 0.6 is 15.9 Å². The Balaban J connectivity index is 1.94. The molecule has 2 amide bonds. The average Bonchev–Trinajstić information content (AvgIpc) is 2.46. The molecule has 6 heteroatoms. The summed E-state index contributed by atoms with van der Waals surface area (Å²) in [4.78, 5) is 23.4. The molecule has 20 heavy (non-hydrogen) atoms. The Morgan fingerprint density at radius 2 is 1.20 bits per heavy atom. The van der Waals surface area contributed by atoms with Gasteiger partial charge in [0.25, 0.3) is 11.8 Å². The van der Waals surface area contributed by atoms with E-state index in [1.165, 1.54) is 24.3 Å². The number of hydrogen-bond donors (Lipinski definition) is 2. The molecule has 0 heterocycles. The molecule has 0 bridgehead atoms. The van der Waals surface area contributed by atoms with Gasteiger partial charge in [0.2, 0.25) is 0 Å². The minimum absolute atomic E-state index is 0.252. The second-order valence-corrected chi connectivity index (χ2v) is 4.84. The highest BCUT2D eigenvalue weighted by molar-refractivity contribution is 9.10. The van der Waals surface area contributed by atoms with Crippen molar-refractivity contribution < 1.29 is 14.0 Å². The summed E-state index contributed by atoms with van der Waals surface area (Å²) < 4.78 is 13.6. The third kappa shape index (κ3) is 3.64. The Labute approximate surface area is 123 Å². The highest BCUT2D eigenvalue weighted by Gasteiger charge is 2.08. The summed E-state index contributed by atoms with van der Waals surface area (Å²) >= 11 is 3.26. The molecule has 102 valence electrons. The van der Waals surface area contributed by atoms with Crippen molar-refractivity contribution >= 4 is 27.7 Å². The SMILES string of the molecule is O=C(NNC(=O)c1ccc(Br)cc1)c1ccc(F)cc1. The van der Waals surface area contributed by atoms with Crippen molar-refractivity contribution in [3.05, 3.63) is 69.9 Å². The third-order valence-corrected chi connectivity index (χ3v) is 3.03. The lowest BCUT2D eigenvalue weighted by Gasteiger charge is -2.07. The van der Waals surface area contributed by atoms with Crippen molar-refractivity contribution in [3.63, 3.8) is 0 Å². The predicted molar refractivity (Wildman–Crippen MR) is 75.5 cm³/mol. The number of hydrogen-bond acceptors (Lipinski definition) is 2. The Morgan fingerprint density at radius 3 is 1.65 bits per heavy atom. The number of rotatable bonds is 2. The highest BCUT2D eigenvalue weighted by atomic mass is 79.9. The lowest BCUT2D eigenvalue weighted by atomic mass is 10.2. The van der Waals surface area contributed by atoms with Crippen molar-refractivity contribution in [2.45, 2.75) is 0 Å². The molecule has 2 N–H and O–H groups in total. The van der Waals surface area contributed by atoms with E-state index < -0.39 is 17.6 Å². The Hall–Kier alpha value is -2.21. The van der Waals surface area contributed by atoms with E-state index in [1.54, 1.807) is 24.3 Å². The summed E-state index contributed by atoms with van der Waals surface area (Å²) in [5.74, 6) is -1.39. The summed E-state index contributed by atoms with van der Waals surface area (Å²) in [6, 6.07) is 11.7. The Bertz CT molecular complexity index is 569. The number of hydrazine groups is 1. The van der Waals surface area contributed by atoms with Gasteiger partial charge < -0.3 is 0 Å². The minimum Gasteiger partial charge on any atom is -0.267 e. The van der Waals surface area contributed by atoms with Crippen LogP contribution in [0.15, 0.2) is 53.0 Å². The van der Waals surface area contributed by atoms with E-state index in [9.17, 15) is 14.0 Å². The largest absolute Gasteiger partial charge is 0.269 e.